The first-order chi connectivity index (χ1) is 18.4. The van der Waals surface area contributed by atoms with Gasteiger partial charge in [0, 0.05) is 41.3 Å². The zero-order valence-electron chi connectivity index (χ0n) is 24.0. The summed E-state index contributed by atoms with van der Waals surface area (Å²) < 4.78 is 0. The molecule has 2 aromatic rings. The highest BCUT2D eigenvalue weighted by Crippen LogP contribution is 2.40. The molecule has 39 heavy (non-hydrogen) atoms. The highest BCUT2D eigenvalue weighted by atomic mass is 35.5. The number of rotatable bonds is 9. The van der Waals surface area contributed by atoms with Crippen molar-refractivity contribution in [1.82, 2.24) is 14.9 Å². The second-order valence-electron chi connectivity index (χ2n) is 12.8. The largest absolute Gasteiger partial charge is 0.337 e. The van der Waals surface area contributed by atoms with Gasteiger partial charge in [0.05, 0.1) is 17.8 Å². The zero-order chi connectivity index (χ0) is 28.4. The van der Waals surface area contributed by atoms with E-state index in [1.54, 1.807) is 12.1 Å². The number of carbonyl (C=O) groups is 2. The Hall–Kier alpha value is -2.73. The van der Waals surface area contributed by atoms with E-state index in [4.69, 9.17) is 16.6 Å². The fourth-order valence-electron chi connectivity index (χ4n) is 5.73. The Balaban J connectivity index is 1.48. The molecule has 0 bridgehead atoms. The summed E-state index contributed by atoms with van der Waals surface area (Å²) in [7, 11) is 0. The maximum absolute atomic E-state index is 13.5. The molecule has 0 fully saturated rings. The smallest absolute Gasteiger partial charge is 0.256 e. The van der Waals surface area contributed by atoms with E-state index < -0.39 is 5.41 Å². The second-order valence-corrected chi connectivity index (χ2v) is 13.3. The van der Waals surface area contributed by atoms with Gasteiger partial charge in [0.1, 0.15) is 11.6 Å². The van der Waals surface area contributed by atoms with Crippen molar-refractivity contribution in [2.45, 2.75) is 92.0 Å². The number of nitrogens with zero attached hydrogens (tertiary/aromatic N) is 2. The Morgan fingerprint density at radius 3 is 2.59 bits per heavy atom. The number of aromatic amines is 1. The van der Waals surface area contributed by atoms with Crippen LogP contribution >= 0.6 is 11.6 Å². The molecule has 2 heterocycles. The molecule has 4 rings (SSSR count). The van der Waals surface area contributed by atoms with E-state index in [-0.39, 0.29) is 41.0 Å². The molecule has 1 aliphatic carbocycles. The van der Waals surface area contributed by atoms with Gasteiger partial charge in [0.25, 0.3) is 5.56 Å². The summed E-state index contributed by atoms with van der Waals surface area (Å²) in [5, 5.41) is 0.626. The number of hydrogen-bond donors (Lipinski definition) is 1. The molecule has 3 atom stereocenters. The quantitative estimate of drug-likeness (QED) is 0.338. The third-order valence-corrected chi connectivity index (χ3v) is 8.45. The third-order valence-electron chi connectivity index (χ3n) is 8.20. The topological polar surface area (TPSA) is 83.1 Å². The average Bonchev–Trinajstić information content (AvgIpc) is 3.27. The van der Waals surface area contributed by atoms with Crippen molar-refractivity contribution in [3.05, 3.63) is 63.1 Å². The number of amides is 1. The summed E-state index contributed by atoms with van der Waals surface area (Å²) in [6, 6.07) is 7.27. The number of aromatic nitrogens is 2. The minimum Gasteiger partial charge on any atom is -0.337 e. The van der Waals surface area contributed by atoms with Crippen LogP contribution in [0.3, 0.4) is 0 Å². The minimum atomic E-state index is -0.506. The third kappa shape index (κ3) is 7.08. The Bertz CT molecular complexity index is 1290. The van der Waals surface area contributed by atoms with Gasteiger partial charge in [-0.1, -0.05) is 64.3 Å². The molecule has 0 spiro atoms. The molecule has 0 radical (unpaired) electrons. The van der Waals surface area contributed by atoms with E-state index >= 15 is 0 Å². The number of Topliss-reactive ketones (excluding diaryl/α,β-unsaturated/α-hetero) is 1. The van der Waals surface area contributed by atoms with Gasteiger partial charge in [-0.05, 0) is 61.8 Å². The van der Waals surface area contributed by atoms with Gasteiger partial charge >= 0.3 is 0 Å². The Kier molecular flexibility index (Phi) is 8.85. The number of benzene rings is 1. The van der Waals surface area contributed by atoms with Gasteiger partial charge in [-0.25, -0.2) is 4.98 Å². The summed E-state index contributed by atoms with van der Waals surface area (Å²) >= 11 is 6.04. The molecule has 7 heteroatoms. The molecule has 1 aromatic heterocycles. The fourth-order valence-corrected chi connectivity index (χ4v) is 5.86. The molecule has 210 valence electrons. The summed E-state index contributed by atoms with van der Waals surface area (Å²) in [5.74, 6) is 0.853. The normalized spacial score (nSPS) is 22.7. The Morgan fingerprint density at radius 2 is 1.92 bits per heavy atom. The van der Waals surface area contributed by atoms with Crippen LogP contribution in [0.25, 0.3) is 11.4 Å². The van der Waals surface area contributed by atoms with Crippen molar-refractivity contribution >= 4 is 23.3 Å². The van der Waals surface area contributed by atoms with E-state index in [9.17, 15) is 14.4 Å². The molecular weight excluding hydrogens is 510 g/mol. The summed E-state index contributed by atoms with van der Waals surface area (Å²) in [6.07, 6.45) is 9.38. The molecule has 2 aliphatic rings. The van der Waals surface area contributed by atoms with Crippen LogP contribution in [-0.2, 0) is 16.1 Å². The van der Waals surface area contributed by atoms with Crippen LogP contribution < -0.4 is 5.56 Å². The van der Waals surface area contributed by atoms with E-state index in [0.29, 0.717) is 42.2 Å². The lowest BCUT2D eigenvalue weighted by Gasteiger charge is -2.34. The number of nitrogens with one attached hydrogen (secondary N) is 1. The van der Waals surface area contributed by atoms with Crippen LogP contribution in [0.2, 0.25) is 5.02 Å². The number of unbranched alkanes of at least 4 members (excludes halogenated alkanes) is 1. The molecule has 1 aliphatic heterocycles. The summed E-state index contributed by atoms with van der Waals surface area (Å²) in [6.45, 7) is 11.4. The number of hydrogen-bond acceptors (Lipinski definition) is 4. The molecule has 1 N–H and O–H groups in total. The highest BCUT2D eigenvalue weighted by molar-refractivity contribution is 6.30. The van der Waals surface area contributed by atoms with E-state index in [0.717, 1.165) is 36.9 Å². The van der Waals surface area contributed by atoms with Crippen molar-refractivity contribution in [2.75, 3.05) is 6.54 Å². The predicted octanol–water partition coefficient (Wildman–Crippen LogP) is 7.07. The monoisotopic (exact) mass is 551 g/mol. The maximum atomic E-state index is 13.5. The molecule has 6 nitrogen and oxygen atoms in total. The van der Waals surface area contributed by atoms with Crippen LogP contribution in [0.5, 0.6) is 0 Å². The first-order valence-corrected chi connectivity index (χ1v) is 14.7. The first kappa shape index (κ1) is 29.3. The lowest BCUT2D eigenvalue weighted by Crippen LogP contribution is -2.42. The number of H-pyrrole nitrogens is 1. The number of fused-ring (bicyclic) bond motifs is 1. The molecule has 2 unspecified atom stereocenters. The first-order valence-electron chi connectivity index (χ1n) is 14.3. The number of allylic oxidation sites excluding steroid dienone is 2. The highest BCUT2D eigenvalue weighted by Gasteiger charge is 2.39. The van der Waals surface area contributed by atoms with Gasteiger partial charge < -0.3 is 9.88 Å². The van der Waals surface area contributed by atoms with Gasteiger partial charge in [0.2, 0.25) is 5.91 Å². The van der Waals surface area contributed by atoms with Crippen molar-refractivity contribution in [3.8, 4) is 11.4 Å². The molecule has 1 amide bonds. The zero-order valence-corrected chi connectivity index (χ0v) is 24.7. The minimum absolute atomic E-state index is 0.00867. The van der Waals surface area contributed by atoms with Crippen molar-refractivity contribution < 1.29 is 9.59 Å². The number of ketones is 1. The van der Waals surface area contributed by atoms with E-state index in [2.05, 4.69) is 32.7 Å². The molecular formula is C32H42ClN3O3. The lowest BCUT2D eigenvalue weighted by atomic mass is 9.78. The predicted molar refractivity (Wildman–Crippen MR) is 157 cm³/mol. The molecule has 1 aromatic carbocycles. The Labute approximate surface area is 237 Å². The van der Waals surface area contributed by atoms with Crippen LogP contribution in [-0.4, -0.2) is 33.1 Å². The van der Waals surface area contributed by atoms with E-state index in [1.807, 2.05) is 36.1 Å². The number of halogens is 1. The van der Waals surface area contributed by atoms with Crippen LogP contribution in [0, 0.1) is 16.7 Å². The van der Waals surface area contributed by atoms with Gasteiger partial charge in [0.15, 0.2) is 0 Å². The van der Waals surface area contributed by atoms with Crippen molar-refractivity contribution in [3.63, 3.8) is 0 Å². The average molecular weight is 552 g/mol. The van der Waals surface area contributed by atoms with E-state index in [1.165, 1.54) is 0 Å². The van der Waals surface area contributed by atoms with Crippen LogP contribution in [0.1, 0.15) is 96.7 Å². The number of carbonyl (C=O) groups excluding carboxylic acids is 2. The maximum Gasteiger partial charge on any atom is 0.256 e. The summed E-state index contributed by atoms with van der Waals surface area (Å²) in [5.41, 5.74) is 1.61. The van der Waals surface area contributed by atoms with Crippen molar-refractivity contribution in [1.29, 1.82) is 0 Å². The fraction of sp³-hybridized carbons (Fsp3) is 0.562. The van der Waals surface area contributed by atoms with Gasteiger partial charge in [-0.3, -0.25) is 14.4 Å². The standard InChI is InChI=1S/C32H42ClN3O3/c1-6-7-8-23-19-36(20-25-28(23)34-29(35-30(25)39)22-9-11-24(33)12-10-22)27(38)17-21-13-16-32(5,18-21)26(37)14-15-31(2,3)4/h9-13,16,21,23H,6-8,14-15,17-20H2,1-5H3,(H,34,35,39)/t21?,23?,32-/m1/s1. The molecule has 0 saturated carbocycles. The lowest BCUT2D eigenvalue weighted by molar-refractivity contribution is -0.134. The van der Waals surface area contributed by atoms with Crippen molar-refractivity contribution in [2.24, 2.45) is 16.7 Å². The summed E-state index contributed by atoms with van der Waals surface area (Å²) in [4.78, 5) is 49.4. The van der Waals surface area contributed by atoms with Gasteiger partial charge in [-0.2, -0.15) is 0 Å². The van der Waals surface area contributed by atoms with Crippen LogP contribution in [0.4, 0.5) is 0 Å². The second kappa shape index (κ2) is 11.8. The Morgan fingerprint density at radius 1 is 1.21 bits per heavy atom. The van der Waals surface area contributed by atoms with Gasteiger partial charge in [-0.15, -0.1) is 0 Å². The molecule has 0 saturated heterocycles. The SMILES string of the molecule is CCCCC1CN(C(=O)CC2C=C[C@@](C)(C(=O)CCC(C)(C)C)C2)Cc2c1nc(-c1ccc(Cl)cc1)[nH]c2=O. The van der Waals surface area contributed by atoms with Crippen LogP contribution in [0.15, 0.2) is 41.2 Å².